The zero-order chi connectivity index (χ0) is 21.7. The summed E-state index contributed by atoms with van der Waals surface area (Å²) in [7, 11) is 0. The molecule has 0 saturated carbocycles. The fraction of sp³-hybridized carbons (Fsp3) is 0.435. The zero-order valence-corrected chi connectivity index (χ0v) is 17.0. The van der Waals surface area contributed by atoms with Gasteiger partial charge in [-0.25, -0.2) is 0 Å². The number of hydrogen-bond donors (Lipinski definition) is 4. The van der Waals surface area contributed by atoms with E-state index < -0.39 is 12.2 Å². The fourth-order valence-corrected chi connectivity index (χ4v) is 3.59. The maximum absolute atomic E-state index is 12.2. The molecule has 3 rings (SSSR count). The molecule has 0 amide bonds. The fourth-order valence-electron chi connectivity index (χ4n) is 3.59. The van der Waals surface area contributed by atoms with Crippen molar-refractivity contribution in [3.05, 3.63) is 41.5 Å². The molecule has 1 aliphatic rings. The molecule has 0 radical (unpaired) electrons. The van der Waals surface area contributed by atoms with Crippen LogP contribution in [0.1, 0.15) is 62.7 Å². The maximum Gasteiger partial charge on any atom is 0.311 e. The Kier molecular flexibility index (Phi) is 7.05. The van der Waals surface area contributed by atoms with E-state index in [0.29, 0.717) is 16.9 Å². The van der Waals surface area contributed by atoms with E-state index in [0.717, 1.165) is 32.1 Å². The van der Waals surface area contributed by atoms with Crippen LogP contribution in [0.5, 0.6) is 28.7 Å². The third kappa shape index (κ3) is 5.16. The number of ether oxygens (including phenoxy) is 2. The number of phenolic OH excluding ortho intramolecular Hbond substituents is 3. The van der Waals surface area contributed by atoms with Gasteiger partial charge in [0.25, 0.3) is 0 Å². The van der Waals surface area contributed by atoms with Crippen molar-refractivity contribution in [2.45, 2.75) is 64.1 Å². The lowest BCUT2D eigenvalue weighted by molar-refractivity contribution is -0.134. The zero-order valence-electron chi connectivity index (χ0n) is 17.0. The van der Waals surface area contributed by atoms with Gasteiger partial charge in [-0.15, -0.1) is 0 Å². The van der Waals surface area contributed by atoms with Crippen LogP contribution in [0.2, 0.25) is 0 Å². The lowest BCUT2D eigenvalue weighted by Gasteiger charge is -2.32. The second-order valence-electron chi connectivity index (χ2n) is 7.62. The minimum absolute atomic E-state index is 0.122. The number of aromatic hydroxyl groups is 3. The minimum Gasteiger partial charge on any atom is -0.508 e. The van der Waals surface area contributed by atoms with Gasteiger partial charge in [0.2, 0.25) is 0 Å². The average Bonchev–Trinajstić information content (AvgIpc) is 2.70. The molecule has 2 atom stereocenters. The number of hydrogen-bond acceptors (Lipinski definition) is 7. The van der Waals surface area contributed by atoms with E-state index in [-0.39, 0.29) is 41.8 Å². The van der Waals surface area contributed by atoms with Crippen LogP contribution in [0.3, 0.4) is 0 Å². The first-order valence-electron chi connectivity index (χ1n) is 10.3. The Morgan fingerprint density at radius 2 is 1.83 bits per heavy atom. The van der Waals surface area contributed by atoms with Gasteiger partial charge in [-0.3, -0.25) is 4.79 Å². The van der Waals surface area contributed by atoms with Crippen LogP contribution in [0.25, 0.3) is 0 Å². The van der Waals surface area contributed by atoms with E-state index in [1.54, 1.807) is 0 Å². The molecule has 2 aromatic rings. The molecule has 2 unspecified atom stereocenters. The summed E-state index contributed by atoms with van der Waals surface area (Å²) in [6.45, 7) is 2.13. The molecule has 30 heavy (non-hydrogen) atoms. The molecular formula is C23H28O7. The number of rotatable bonds is 8. The Labute approximate surface area is 175 Å². The first-order valence-corrected chi connectivity index (χ1v) is 10.3. The standard InChI is InChI=1S/C23H28O7/c1-2-3-4-5-6-7-22(28)29-20-11-15(24)12-21-16(20)13-19(27)23(30-21)14-8-9-17(25)18(26)10-14/h8-12,19,23-27H,2-7,13H2,1H3. The molecule has 0 bridgehead atoms. The summed E-state index contributed by atoms with van der Waals surface area (Å²) in [5, 5.41) is 39.9. The van der Waals surface area contributed by atoms with Crippen LogP contribution in [-0.2, 0) is 11.2 Å². The van der Waals surface area contributed by atoms with E-state index in [2.05, 4.69) is 6.92 Å². The van der Waals surface area contributed by atoms with Gasteiger partial charge in [0.05, 0.1) is 6.10 Å². The number of esters is 1. The van der Waals surface area contributed by atoms with E-state index in [1.165, 1.54) is 30.3 Å². The second kappa shape index (κ2) is 9.71. The van der Waals surface area contributed by atoms with Crippen LogP contribution in [0.15, 0.2) is 30.3 Å². The number of carbonyl (C=O) groups excluding carboxylic acids is 1. The Morgan fingerprint density at radius 1 is 1.07 bits per heavy atom. The number of phenols is 3. The smallest absolute Gasteiger partial charge is 0.311 e. The number of aliphatic hydroxyl groups is 1. The molecule has 4 N–H and O–H groups in total. The molecule has 7 nitrogen and oxygen atoms in total. The second-order valence-corrected chi connectivity index (χ2v) is 7.62. The van der Waals surface area contributed by atoms with Crippen molar-refractivity contribution in [3.8, 4) is 28.7 Å². The molecule has 2 aromatic carbocycles. The highest BCUT2D eigenvalue weighted by atomic mass is 16.5. The van der Waals surface area contributed by atoms with Crippen LogP contribution in [0.4, 0.5) is 0 Å². The van der Waals surface area contributed by atoms with E-state index >= 15 is 0 Å². The topological polar surface area (TPSA) is 116 Å². The Hall–Kier alpha value is -2.93. The van der Waals surface area contributed by atoms with E-state index in [4.69, 9.17) is 9.47 Å². The van der Waals surface area contributed by atoms with Crippen molar-refractivity contribution < 1.29 is 34.7 Å². The van der Waals surface area contributed by atoms with Crippen molar-refractivity contribution in [1.29, 1.82) is 0 Å². The molecule has 0 aliphatic carbocycles. The molecule has 0 saturated heterocycles. The number of carbonyl (C=O) groups is 1. The Morgan fingerprint density at radius 3 is 2.57 bits per heavy atom. The van der Waals surface area contributed by atoms with Gasteiger partial charge in [0, 0.05) is 30.5 Å². The first kappa shape index (κ1) is 21.8. The number of benzene rings is 2. The molecule has 7 heteroatoms. The number of unbranched alkanes of at least 4 members (excludes halogenated alkanes) is 4. The molecule has 1 heterocycles. The van der Waals surface area contributed by atoms with E-state index in [1.807, 2.05) is 0 Å². The maximum atomic E-state index is 12.2. The van der Waals surface area contributed by atoms with Crippen LogP contribution < -0.4 is 9.47 Å². The van der Waals surface area contributed by atoms with Crippen molar-refractivity contribution in [2.24, 2.45) is 0 Å². The predicted molar refractivity (Wildman–Crippen MR) is 110 cm³/mol. The van der Waals surface area contributed by atoms with Gasteiger partial charge >= 0.3 is 5.97 Å². The molecule has 0 spiro atoms. The van der Waals surface area contributed by atoms with Gasteiger partial charge in [0.1, 0.15) is 23.4 Å². The highest BCUT2D eigenvalue weighted by molar-refractivity contribution is 5.73. The van der Waals surface area contributed by atoms with Gasteiger partial charge in [-0.05, 0) is 24.1 Å². The summed E-state index contributed by atoms with van der Waals surface area (Å²) in [6, 6.07) is 6.91. The lowest BCUT2D eigenvalue weighted by Crippen LogP contribution is -2.30. The SMILES string of the molecule is CCCCCCCC(=O)Oc1cc(O)cc2c1CC(O)C(c1ccc(O)c(O)c1)O2. The third-order valence-corrected chi connectivity index (χ3v) is 5.21. The van der Waals surface area contributed by atoms with E-state index in [9.17, 15) is 25.2 Å². The lowest BCUT2D eigenvalue weighted by atomic mass is 9.94. The summed E-state index contributed by atoms with van der Waals surface area (Å²) in [6.07, 6.45) is 3.70. The van der Waals surface area contributed by atoms with Gasteiger partial charge < -0.3 is 29.9 Å². The average molecular weight is 416 g/mol. The Bertz CT molecular complexity index is 893. The molecule has 0 fully saturated rings. The van der Waals surface area contributed by atoms with Crippen LogP contribution in [-0.4, -0.2) is 32.5 Å². The molecule has 162 valence electrons. The number of fused-ring (bicyclic) bond motifs is 1. The predicted octanol–water partition coefficient (Wildman–Crippen LogP) is 4.11. The van der Waals surface area contributed by atoms with Gasteiger partial charge in [0.15, 0.2) is 11.5 Å². The normalized spacial score (nSPS) is 17.8. The van der Waals surface area contributed by atoms with Crippen molar-refractivity contribution >= 4 is 5.97 Å². The molecular weight excluding hydrogens is 388 g/mol. The quantitative estimate of drug-likeness (QED) is 0.221. The molecule has 0 aromatic heterocycles. The summed E-state index contributed by atoms with van der Waals surface area (Å²) in [5.74, 6) is -0.634. The van der Waals surface area contributed by atoms with Crippen LogP contribution >= 0.6 is 0 Å². The summed E-state index contributed by atoms with van der Waals surface area (Å²) >= 11 is 0. The monoisotopic (exact) mass is 416 g/mol. The van der Waals surface area contributed by atoms with Crippen molar-refractivity contribution in [2.75, 3.05) is 0 Å². The number of aliphatic hydroxyl groups excluding tert-OH is 1. The highest BCUT2D eigenvalue weighted by Crippen LogP contribution is 2.43. The van der Waals surface area contributed by atoms with Crippen LogP contribution in [0, 0.1) is 0 Å². The molecule has 1 aliphatic heterocycles. The van der Waals surface area contributed by atoms with Crippen molar-refractivity contribution in [3.63, 3.8) is 0 Å². The summed E-state index contributed by atoms with van der Waals surface area (Å²) in [4.78, 5) is 12.2. The van der Waals surface area contributed by atoms with Gasteiger partial charge in [-0.2, -0.15) is 0 Å². The minimum atomic E-state index is -0.975. The first-order chi connectivity index (χ1) is 14.4. The van der Waals surface area contributed by atoms with Crippen molar-refractivity contribution in [1.82, 2.24) is 0 Å². The third-order valence-electron chi connectivity index (χ3n) is 5.21. The Balaban J connectivity index is 1.73. The summed E-state index contributed by atoms with van der Waals surface area (Å²) < 4.78 is 11.3. The largest absolute Gasteiger partial charge is 0.508 e. The summed E-state index contributed by atoms with van der Waals surface area (Å²) in [5.41, 5.74) is 0.969. The van der Waals surface area contributed by atoms with Gasteiger partial charge in [-0.1, -0.05) is 38.7 Å². The highest BCUT2D eigenvalue weighted by Gasteiger charge is 2.33.